The Kier molecular flexibility index (Phi) is 3.48. The lowest BCUT2D eigenvalue weighted by molar-refractivity contribution is -0.430. The number of carbonyl (C=O) groups is 1. The molecule has 3 nitrogen and oxygen atoms in total. The van der Waals surface area contributed by atoms with Crippen LogP contribution in [0.25, 0.3) is 0 Å². The summed E-state index contributed by atoms with van der Waals surface area (Å²) in [5.74, 6) is -1.05. The standard InChI is InChI=1S/C12H17NO2/c1-7-4-9(3)10(5-8(7)2)11(13)6-12(14)15/h4-5,11H,6,13H2,1-3H3,(H,14,15)/t11-/m0/s1. The number of hydrogen-bond acceptors (Lipinski definition) is 2. The minimum absolute atomic E-state index is 0.0245. The molecule has 0 radical (unpaired) electrons. The second-order valence-corrected chi connectivity index (χ2v) is 4.07. The van der Waals surface area contributed by atoms with Crippen LogP contribution < -0.4 is 10.8 Å². The van der Waals surface area contributed by atoms with Crippen molar-refractivity contribution in [1.82, 2.24) is 0 Å². The van der Waals surface area contributed by atoms with Gasteiger partial charge in [0.15, 0.2) is 0 Å². The van der Waals surface area contributed by atoms with Gasteiger partial charge in [0.1, 0.15) is 6.04 Å². The van der Waals surface area contributed by atoms with Gasteiger partial charge in [0.25, 0.3) is 0 Å². The first-order valence-electron chi connectivity index (χ1n) is 5.02. The molecule has 0 saturated carbocycles. The van der Waals surface area contributed by atoms with Crippen molar-refractivity contribution in [2.75, 3.05) is 0 Å². The molecule has 1 rings (SSSR count). The second-order valence-electron chi connectivity index (χ2n) is 4.07. The van der Waals surface area contributed by atoms with Gasteiger partial charge in [0, 0.05) is 18.0 Å². The molecule has 0 bridgehead atoms. The first-order valence-corrected chi connectivity index (χ1v) is 5.02. The monoisotopic (exact) mass is 207 g/mol. The lowest BCUT2D eigenvalue weighted by Gasteiger charge is -2.14. The largest absolute Gasteiger partial charge is 0.550 e. The van der Waals surface area contributed by atoms with E-state index in [0.717, 1.165) is 11.1 Å². The summed E-state index contributed by atoms with van der Waals surface area (Å²) in [6.45, 7) is 6.04. The Morgan fingerprint density at radius 2 is 1.80 bits per heavy atom. The van der Waals surface area contributed by atoms with Crippen LogP contribution in [0.4, 0.5) is 0 Å². The number of benzene rings is 1. The molecule has 1 aromatic rings. The van der Waals surface area contributed by atoms with Gasteiger partial charge in [-0.3, -0.25) is 0 Å². The normalized spacial score (nSPS) is 12.5. The number of carboxylic acid groups (broad SMARTS) is 1. The van der Waals surface area contributed by atoms with Crippen molar-refractivity contribution in [1.29, 1.82) is 0 Å². The molecule has 0 aromatic heterocycles. The third-order valence-electron chi connectivity index (χ3n) is 2.74. The predicted octanol–water partition coefficient (Wildman–Crippen LogP) is 0.0349. The minimum Gasteiger partial charge on any atom is -0.550 e. The molecule has 3 N–H and O–H groups in total. The second kappa shape index (κ2) is 4.45. The van der Waals surface area contributed by atoms with Crippen LogP contribution in [-0.4, -0.2) is 5.97 Å². The molecule has 0 spiro atoms. The van der Waals surface area contributed by atoms with Crippen LogP contribution in [0.2, 0.25) is 0 Å². The van der Waals surface area contributed by atoms with Gasteiger partial charge in [0.05, 0.1) is 0 Å². The molecule has 82 valence electrons. The van der Waals surface area contributed by atoms with E-state index in [1.807, 2.05) is 26.8 Å². The third-order valence-corrected chi connectivity index (χ3v) is 2.74. The van der Waals surface area contributed by atoms with Gasteiger partial charge in [-0.15, -0.1) is 0 Å². The third kappa shape index (κ3) is 2.80. The fourth-order valence-electron chi connectivity index (χ4n) is 1.73. The quantitative estimate of drug-likeness (QED) is 0.760. The summed E-state index contributed by atoms with van der Waals surface area (Å²) >= 11 is 0. The highest BCUT2D eigenvalue weighted by atomic mass is 16.4. The molecular formula is C12H17NO2. The van der Waals surface area contributed by atoms with Crippen molar-refractivity contribution in [2.24, 2.45) is 0 Å². The predicted molar refractivity (Wildman–Crippen MR) is 55.9 cm³/mol. The maximum atomic E-state index is 10.5. The van der Waals surface area contributed by atoms with Crippen LogP contribution in [0.15, 0.2) is 12.1 Å². The number of aryl methyl sites for hydroxylation is 3. The van der Waals surface area contributed by atoms with Gasteiger partial charge in [-0.1, -0.05) is 6.07 Å². The van der Waals surface area contributed by atoms with Gasteiger partial charge in [-0.2, -0.15) is 0 Å². The van der Waals surface area contributed by atoms with E-state index in [1.165, 1.54) is 11.1 Å². The topological polar surface area (TPSA) is 67.8 Å². The average Bonchev–Trinajstić information content (AvgIpc) is 2.09. The lowest BCUT2D eigenvalue weighted by Crippen LogP contribution is -2.55. The van der Waals surface area contributed by atoms with Crippen LogP contribution in [0.5, 0.6) is 0 Å². The molecule has 0 unspecified atom stereocenters. The van der Waals surface area contributed by atoms with Gasteiger partial charge in [-0.25, -0.2) is 0 Å². The van der Waals surface area contributed by atoms with Crippen LogP contribution in [0.1, 0.15) is 34.7 Å². The summed E-state index contributed by atoms with van der Waals surface area (Å²) in [5, 5.41) is 10.5. The Bertz CT molecular complexity index is 385. The molecule has 0 saturated heterocycles. The molecule has 3 heteroatoms. The van der Waals surface area contributed by atoms with E-state index in [4.69, 9.17) is 0 Å². The Morgan fingerprint density at radius 3 is 2.33 bits per heavy atom. The van der Waals surface area contributed by atoms with Crippen LogP contribution >= 0.6 is 0 Å². The summed E-state index contributed by atoms with van der Waals surface area (Å²) < 4.78 is 0. The molecule has 0 aliphatic carbocycles. The summed E-state index contributed by atoms with van der Waals surface area (Å²) in [4.78, 5) is 10.5. The van der Waals surface area contributed by atoms with Crippen molar-refractivity contribution >= 4 is 5.97 Å². The minimum atomic E-state index is -1.05. The fourth-order valence-corrected chi connectivity index (χ4v) is 1.73. The fraction of sp³-hybridized carbons (Fsp3) is 0.417. The van der Waals surface area contributed by atoms with Gasteiger partial charge in [-0.05, 0) is 43.5 Å². The maximum absolute atomic E-state index is 10.5. The molecule has 0 aliphatic heterocycles. The highest BCUT2D eigenvalue weighted by Gasteiger charge is 2.13. The van der Waals surface area contributed by atoms with Gasteiger partial charge < -0.3 is 15.6 Å². The number of rotatable bonds is 3. The van der Waals surface area contributed by atoms with Crippen LogP contribution in [-0.2, 0) is 4.79 Å². The molecule has 0 fully saturated rings. The van der Waals surface area contributed by atoms with Crippen molar-refractivity contribution in [3.8, 4) is 0 Å². The number of hydrogen-bond donors (Lipinski definition) is 1. The molecular weight excluding hydrogens is 190 g/mol. The summed E-state index contributed by atoms with van der Waals surface area (Å²) in [6.07, 6.45) is -0.0245. The van der Waals surface area contributed by atoms with Crippen molar-refractivity contribution in [3.05, 3.63) is 34.4 Å². The number of carboxylic acids is 1. The first-order chi connectivity index (χ1) is 6.91. The van der Waals surface area contributed by atoms with E-state index in [9.17, 15) is 9.90 Å². The Hall–Kier alpha value is -1.35. The molecule has 1 atom stereocenters. The first kappa shape index (κ1) is 11.7. The molecule has 0 aliphatic rings. The smallest absolute Gasteiger partial charge is 0.116 e. The van der Waals surface area contributed by atoms with Crippen LogP contribution in [0, 0.1) is 20.8 Å². The lowest BCUT2D eigenvalue weighted by atomic mass is 9.95. The average molecular weight is 207 g/mol. The van der Waals surface area contributed by atoms with Gasteiger partial charge in [0.2, 0.25) is 0 Å². The number of quaternary nitrogens is 1. The van der Waals surface area contributed by atoms with Crippen molar-refractivity contribution in [3.63, 3.8) is 0 Å². The Balaban J connectivity index is 3.03. The van der Waals surface area contributed by atoms with E-state index in [2.05, 4.69) is 11.8 Å². The van der Waals surface area contributed by atoms with E-state index >= 15 is 0 Å². The van der Waals surface area contributed by atoms with E-state index in [-0.39, 0.29) is 12.5 Å². The highest BCUT2D eigenvalue weighted by molar-refractivity contribution is 5.65. The molecule has 0 amide bonds. The number of aliphatic carboxylic acids is 1. The highest BCUT2D eigenvalue weighted by Crippen LogP contribution is 2.20. The molecule has 15 heavy (non-hydrogen) atoms. The van der Waals surface area contributed by atoms with Gasteiger partial charge >= 0.3 is 0 Å². The summed E-state index contributed by atoms with van der Waals surface area (Å²) in [6, 6.07) is 3.86. The van der Waals surface area contributed by atoms with Crippen molar-refractivity contribution in [2.45, 2.75) is 33.2 Å². The number of carbonyl (C=O) groups excluding carboxylic acids is 1. The SMILES string of the molecule is Cc1cc(C)c([C@@H]([NH3+])CC(=O)[O-])cc1C. The Labute approximate surface area is 89.9 Å². The zero-order valence-corrected chi connectivity index (χ0v) is 9.46. The van der Waals surface area contributed by atoms with E-state index in [1.54, 1.807) is 0 Å². The molecule has 0 heterocycles. The Morgan fingerprint density at radius 1 is 1.27 bits per heavy atom. The zero-order chi connectivity index (χ0) is 11.6. The van der Waals surface area contributed by atoms with E-state index < -0.39 is 5.97 Å². The zero-order valence-electron chi connectivity index (χ0n) is 9.46. The van der Waals surface area contributed by atoms with E-state index in [0.29, 0.717) is 0 Å². The summed E-state index contributed by atoms with van der Waals surface area (Å²) in [5.41, 5.74) is 8.35. The molecule has 1 aromatic carbocycles. The van der Waals surface area contributed by atoms with Crippen molar-refractivity contribution < 1.29 is 15.6 Å². The summed E-state index contributed by atoms with van der Waals surface area (Å²) in [7, 11) is 0. The van der Waals surface area contributed by atoms with Crippen LogP contribution in [0.3, 0.4) is 0 Å². The maximum Gasteiger partial charge on any atom is 0.116 e.